The van der Waals surface area contributed by atoms with Gasteiger partial charge in [-0.25, -0.2) is 4.79 Å². The molecule has 0 aliphatic carbocycles. The van der Waals surface area contributed by atoms with E-state index in [0.29, 0.717) is 33.1 Å². The molecule has 0 N–H and O–H groups in total. The minimum absolute atomic E-state index is 0.0213. The number of Topliss-reactive ketones (excluding diaryl/α,β-unsaturated/α-hetero) is 1. The Morgan fingerprint density at radius 2 is 1.65 bits per heavy atom. The molecule has 3 nitrogen and oxygen atoms in total. The third-order valence-corrected chi connectivity index (χ3v) is 3.49. The van der Waals surface area contributed by atoms with E-state index in [1.807, 2.05) is 0 Å². The normalized spacial score (nSPS) is 10.1. The van der Waals surface area contributed by atoms with Gasteiger partial charge in [0.2, 0.25) is 0 Å². The van der Waals surface area contributed by atoms with E-state index >= 15 is 0 Å². The third kappa shape index (κ3) is 3.39. The van der Waals surface area contributed by atoms with E-state index < -0.39 is 5.97 Å². The first-order valence-corrected chi connectivity index (χ1v) is 6.79. The van der Waals surface area contributed by atoms with E-state index in [4.69, 9.17) is 4.74 Å². The first kappa shape index (κ1) is 14.4. The number of halogens is 2. The highest BCUT2D eigenvalue weighted by atomic mass is 79.9. The van der Waals surface area contributed by atoms with Crippen molar-refractivity contribution in [2.24, 2.45) is 0 Å². The summed E-state index contributed by atoms with van der Waals surface area (Å²) in [5.41, 5.74) is 0.971. The Morgan fingerprint density at radius 3 is 2.18 bits per heavy atom. The van der Waals surface area contributed by atoms with Crippen molar-refractivity contribution in [1.29, 1.82) is 0 Å². The lowest BCUT2D eigenvalue weighted by Gasteiger charge is -2.08. The SMILES string of the molecule is CCOC(=O)c1cc(Br)c(C(=O)CC)cc1Br. The number of esters is 1. The fourth-order valence-corrected chi connectivity index (χ4v) is 2.39. The highest BCUT2D eigenvalue weighted by Gasteiger charge is 2.16. The van der Waals surface area contributed by atoms with Crippen molar-refractivity contribution < 1.29 is 14.3 Å². The zero-order valence-electron chi connectivity index (χ0n) is 9.55. The Balaban J connectivity index is 3.18. The third-order valence-electron chi connectivity index (χ3n) is 2.17. The molecule has 92 valence electrons. The summed E-state index contributed by atoms with van der Waals surface area (Å²) in [6.45, 7) is 3.86. The average Bonchev–Trinajstić information content (AvgIpc) is 2.30. The molecule has 0 bridgehead atoms. The van der Waals surface area contributed by atoms with Gasteiger partial charge in [0.25, 0.3) is 0 Å². The largest absolute Gasteiger partial charge is 0.462 e. The van der Waals surface area contributed by atoms with Crippen molar-refractivity contribution >= 4 is 43.6 Å². The monoisotopic (exact) mass is 362 g/mol. The molecule has 0 atom stereocenters. The Morgan fingerprint density at radius 1 is 1.12 bits per heavy atom. The first-order valence-electron chi connectivity index (χ1n) is 5.20. The molecule has 1 rings (SSSR count). The smallest absolute Gasteiger partial charge is 0.339 e. The molecule has 0 heterocycles. The number of benzene rings is 1. The summed E-state index contributed by atoms with van der Waals surface area (Å²) in [4.78, 5) is 23.2. The van der Waals surface area contributed by atoms with Crippen LogP contribution in [0.25, 0.3) is 0 Å². The van der Waals surface area contributed by atoms with E-state index in [-0.39, 0.29) is 5.78 Å². The quantitative estimate of drug-likeness (QED) is 0.600. The van der Waals surface area contributed by atoms with E-state index in [1.54, 1.807) is 26.0 Å². The number of ether oxygens (including phenoxy) is 1. The highest BCUT2D eigenvalue weighted by Crippen LogP contribution is 2.27. The molecule has 17 heavy (non-hydrogen) atoms. The van der Waals surface area contributed by atoms with Gasteiger partial charge in [-0.3, -0.25) is 4.79 Å². The van der Waals surface area contributed by atoms with Gasteiger partial charge in [-0.2, -0.15) is 0 Å². The van der Waals surface area contributed by atoms with E-state index in [9.17, 15) is 9.59 Å². The highest BCUT2D eigenvalue weighted by molar-refractivity contribution is 9.11. The Labute approximate surface area is 117 Å². The second-order valence-corrected chi connectivity index (χ2v) is 5.02. The van der Waals surface area contributed by atoms with Crippen LogP contribution in [0.4, 0.5) is 0 Å². The summed E-state index contributed by atoms with van der Waals surface area (Å²) in [6.07, 6.45) is 0.420. The van der Waals surface area contributed by atoms with Crippen LogP contribution in [0.5, 0.6) is 0 Å². The lowest BCUT2D eigenvalue weighted by molar-refractivity contribution is 0.0525. The van der Waals surface area contributed by atoms with Crippen molar-refractivity contribution in [3.05, 3.63) is 32.2 Å². The number of hydrogen-bond acceptors (Lipinski definition) is 3. The molecule has 0 aromatic heterocycles. The van der Waals surface area contributed by atoms with Gasteiger partial charge in [-0.1, -0.05) is 22.9 Å². The second kappa shape index (κ2) is 6.31. The number of hydrogen-bond donors (Lipinski definition) is 0. The number of rotatable bonds is 4. The molecule has 0 spiro atoms. The van der Waals surface area contributed by atoms with Crippen molar-refractivity contribution in [3.63, 3.8) is 0 Å². The molecule has 1 aromatic rings. The summed E-state index contributed by atoms with van der Waals surface area (Å²) < 4.78 is 6.09. The fourth-order valence-electron chi connectivity index (χ4n) is 1.32. The van der Waals surface area contributed by atoms with Crippen molar-refractivity contribution in [2.45, 2.75) is 20.3 Å². The zero-order chi connectivity index (χ0) is 13.0. The lowest BCUT2D eigenvalue weighted by atomic mass is 10.1. The maximum Gasteiger partial charge on any atom is 0.339 e. The zero-order valence-corrected chi connectivity index (χ0v) is 12.7. The van der Waals surface area contributed by atoms with Gasteiger partial charge in [0.05, 0.1) is 12.2 Å². The van der Waals surface area contributed by atoms with Crippen LogP contribution in [-0.4, -0.2) is 18.4 Å². The number of carbonyl (C=O) groups is 2. The molecule has 0 fully saturated rings. The molecule has 0 aliphatic heterocycles. The lowest BCUT2D eigenvalue weighted by Crippen LogP contribution is -2.07. The Kier molecular flexibility index (Phi) is 5.33. The van der Waals surface area contributed by atoms with Crippen LogP contribution in [0.1, 0.15) is 41.0 Å². The maximum absolute atomic E-state index is 11.6. The topological polar surface area (TPSA) is 43.4 Å². The minimum atomic E-state index is -0.407. The summed E-state index contributed by atoms with van der Waals surface area (Å²) in [6, 6.07) is 3.24. The molecular weight excluding hydrogens is 352 g/mol. The van der Waals surface area contributed by atoms with Crippen molar-refractivity contribution in [3.8, 4) is 0 Å². The minimum Gasteiger partial charge on any atom is -0.462 e. The van der Waals surface area contributed by atoms with E-state index in [2.05, 4.69) is 31.9 Å². The van der Waals surface area contributed by atoms with Gasteiger partial charge in [-0.05, 0) is 35.0 Å². The second-order valence-electron chi connectivity index (χ2n) is 3.31. The van der Waals surface area contributed by atoms with Crippen LogP contribution in [-0.2, 0) is 4.74 Å². The van der Waals surface area contributed by atoms with Crippen molar-refractivity contribution in [2.75, 3.05) is 6.61 Å². The summed E-state index contributed by atoms with van der Waals surface area (Å²) >= 11 is 6.57. The van der Waals surface area contributed by atoms with Gasteiger partial charge in [0, 0.05) is 20.9 Å². The van der Waals surface area contributed by atoms with Gasteiger partial charge >= 0.3 is 5.97 Å². The summed E-state index contributed by atoms with van der Waals surface area (Å²) in [5, 5.41) is 0. The predicted octanol–water partition coefficient (Wildman–Crippen LogP) is 3.98. The summed E-state index contributed by atoms with van der Waals surface area (Å²) in [7, 11) is 0. The fraction of sp³-hybridized carbons (Fsp3) is 0.333. The average molecular weight is 364 g/mol. The molecule has 0 saturated carbocycles. The van der Waals surface area contributed by atoms with Gasteiger partial charge in [0.15, 0.2) is 5.78 Å². The van der Waals surface area contributed by atoms with Gasteiger partial charge < -0.3 is 4.74 Å². The molecule has 0 unspecified atom stereocenters. The molecule has 5 heteroatoms. The van der Waals surface area contributed by atoms with Gasteiger partial charge in [0.1, 0.15) is 0 Å². The maximum atomic E-state index is 11.6. The standard InChI is InChI=1S/C12H12Br2O3/c1-3-11(15)7-5-10(14)8(6-9(7)13)12(16)17-4-2/h5-6H,3-4H2,1-2H3. The van der Waals surface area contributed by atoms with Crippen LogP contribution < -0.4 is 0 Å². The van der Waals surface area contributed by atoms with Crippen molar-refractivity contribution in [1.82, 2.24) is 0 Å². The molecule has 0 radical (unpaired) electrons. The van der Waals surface area contributed by atoms with E-state index in [0.717, 1.165) is 0 Å². The molecular formula is C12H12Br2O3. The molecule has 0 aliphatic rings. The predicted molar refractivity (Wildman–Crippen MR) is 72.4 cm³/mol. The van der Waals surface area contributed by atoms with Crippen LogP contribution in [0.15, 0.2) is 21.1 Å². The molecule has 0 amide bonds. The first-order chi connectivity index (χ1) is 8.01. The van der Waals surface area contributed by atoms with Crippen LogP contribution in [0.2, 0.25) is 0 Å². The van der Waals surface area contributed by atoms with Crippen LogP contribution >= 0.6 is 31.9 Å². The summed E-state index contributed by atoms with van der Waals surface area (Å²) in [5.74, 6) is -0.386. The van der Waals surface area contributed by atoms with E-state index in [1.165, 1.54) is 0 Å². The van der Waals surface area contributed by atoms with Crippen LogP contribution in [0.3, 0.4) is 0 Å². The number of ketones is 1. The number of carbonyl (C=O) groups excluding carboxylic acids is 2. The Bertz CT molecular complexity index is 455. The van der Waals surface area contributed by atoms with Gasteiger partial charge in [-0.15, -0.1) is 0 Å². The van der Waals surface area contributed by atoms with Crippen LogP contribution in [0, 0.1) is 0 Å². The molecule has 1 aromatic carbocycles. The Hall–Kier alpha value is -0.680. The molecule has 0 saturated heterocycles.